The molecular formula is C23H27N5S. The maximum atomic E-state index is 5.72. The van der Waals surface area contributed by atoms with Crippen LogP contribution in [0.25, 0.3) is 0 Å². The van der Waals surface area contributed by atoms with E-state index in [9.17, 15) is 0 Å². The maximum absolute atomic E-state index is 5.72. The SMILES string of the molecule is CCCN1C(=S)NC(c2ccccn2)C1c1cc(C)n(Cc2ccncc2)c1C. The highest BCUT2D eigenvalue weighted by Crippen LogP contribution is 2.40. The van der Waals surface area contributed by atoms with Gasteiger partial charge in [-0.3, -0.25) is 9.97 Å². The van der Waals surface area contributed by atoms with E-state index in [0.717, 1.165) is 30.3 Å². The Morgan fingerprint density at radius 2 is 1.90 bits per heavy atom. The van der Waals surface area contributed by atoms with Crippen LogP contribution in [-0.2, 0) is 6.54 Å². The summed E-state index contributed by atoms with van der Waals surface area (Å²) in [6.07, 6.45) is 6.60. The number of nitrogens with zero attached hydrogens (tertiary/aromatic N) is 4. The molecule has 150 valence electrons. The van der Waals surface area contributed by atoms with Crippen molar-refractivity contribution >= 4 is 17.3 Å². The highest BCUT2D eigenvalue weighted by Gasteiger charge is 2.40. The van der Waals surface area contributed by atoms with E-state index in [0.29, 0.717) is 0 Å². The number of aryl methyl sites for hydroxylation is 1. The average molecular weight is 406 g/mol. The molecule has 4 rings (SSSR count). The number of thiocarbonyl (C=S) groups is 1. The molecule has 0 amide bonds. The van der Waals surface area contributed by atoms with E-state index in [-0.39, 0.29) is 12.1 Å². The predicted octanol–water partition coefficient (Wildman–Crippen LogP) is 4.33. The van der Waals surface area contributed by atoms with Crippen LogP contribution in [0.1, 0.15) is 53.6 Å². The van der Waals surface area contributed by atoms with Gasteiger partial charge in [0.15, 0.2) is 5.11 Å². The second-order valence-electron chi connectivity index (χ2n) is 7.59. The zero-order valence-electron chi connectivity index (χ0n) is 17.2. The van der Waals surface area contributed by atoms with E-state index >= 15 is 0 Å². The minimum absolute atomic E-state index is 0.0464. The first-order valence-electron chi connectivity index (χ1n) is 10.1. The molecule has 3 aromatic heterocycles. The first-order valence-corrected chi connectivity index (χ1v) is 10.5. The Morgan fingerprint density at radius 3 is 2.59 bits per heavy atom. The molecular weight excluding hydrogens is 378 g/mol. The third kappa shape index (κ3) is 3.77. The lowest BCUT2D eigenvalue weighted by molar-refractivity contribution is 0.316. The zero-order valence-corrected chi connectivity index (χ0v) is 18.0. The van der Waals surface area contributed by atoms with E-state index in [4.69, 9.17) is 12.2 Å². The molecule has 5 nitrogen and oxygen atoms in total. The second-order valence-corrected chi connectivity index (χ2v) is 7.97. The molecule has 1 aliphatic rings. The fourth-order valence-corrected chi connectivity index (χ4v) is 4.60. The summed E-state index contributed by atoms with van der Waals surface area (Å²) < 4.78 is 2.38. The predicted molar refractivity (Wildman–Crippen MR) is 120 cm³/mol. The molecule has 1 aliphatic heterocycles. The molecule has 0 aromatic carbocycles. The molecule has 2 unspecified atom stereocenters. The topological polar surface area (TPSA) is 46.0 Å². The van der Waals surface area contributed by atoms with Gasteiger partial charge in [-0.25, -0.2) is 0 Å². The number of rotatable bonds is 6. The van der Waals surface area contributed by atoms with Gasteiger partial charge in [-0.05, 0) is 73.9 Å². The van der Waals surface area contributed by atoms with Crippen LogP contribution in [0.15, 0.2) is 55.0 Å². The summed E-state index contributed by atoms with van der Waals surface area (Å²) >= 11 is 5.72. The summed E-state index contributed by atoms with van der Waals surface area (Å²) in [6, 6.07) is 12.7. The van der Waals surface area contributed by atoms with E-state index in [2.05, 4.69) is 69.8 Å². The molecule has 1 fully saturated rings. The lowest BCUT2D eigenvalue weighted by atomic mass is 9.96. The number of hydrogen-bond acceptors (Lipinski definition) is 3. The van der Waals surface area contributed by atoms with E-state index in [1.165, 1.54) is 22.5 Å². The molecule has 0 bridgehead atoms. The summed E-state index contributed by atoms with van der Waals surface area (Å²) in [5.74, 6) is 0. The lowest BCUT2D eigenvalue weighted by Crippen LogP contribution is -2.30. The van der Waals surface area contributed by atoms with Crippen LogP contribution in [0.5, 0.6) is 0 Å². The van der Waals surface area contributed by atoms with E-state index in [1.807, 2.05) is 30.7 Å². The quantitative estimate of drug-likeness (QED) is 0.619. The first-order chi connectivity index (χ1) is 14.1. The van der Waals surface area contributed by atoms with Gasteiger partial charge in [0.1, 0.15) is 0 Å². The van der Waals surface area contributed by atoms with Crippen molar-refractivity contribution in [3.63, 3.8) is 0 Å². The molecule has 2 atom stereocenters. The standard InChI is InChI=1S/C23H27N5S/c1-4-13-27-22(21(26-23(27)29)20-7-5-6-10-25-20)19-14-16(2)28(17(19)3)15-18-8-11-24-12-9-18/h5-12,14,21-22H,4,13,15H2,1-3H3,(H,26,29). The number of nitrogens with one attached hydrogen (secondary N) is 1. The van der Waals surface area contributed by atoms with Crippen LogP contribution < -0.4 is 5.32 Å². The Bertz CT molecular complexity index is 983. The largest absolute Gasteiger partial charge is 0.352 e. The minimum Gasteiger partial charge on any atom is -0.352 e. The smallest absolute Gasteiger partial charge is 0.170 e. The van der Waals surface area contributed by atoms with Crippen molar-refractivity contribution in [2.45, 2.75) is 45.8 Å². The second kappa shape index (κ2) is 8.33. The van der Waals surface area contributed by atoms with Gasteiger partial charge in [0, 0.05) is 43.1 Å². The molecule has 0 aliphatic carbocycles. The highest BCUT2D eigenvalue weighted by atomic mass is 32.1. The van der Waals surface area contributed by atoms with Gasteiger partial charge in [0.25, 0.3) is 0 Å². The third-order valence-corrected chi connectivity index (χ3v) is 6.04. The molecule has 4 heterocycles. The molecule has 29 heavy (non-hydrogen) atoms. The van der Waals surface area contributed by atoms with Gasteiger partial charge in [-0.2, -0.15) is 0 Å². The van der Waals surface area contributed by atoms with Crippen LogP contribution >= 0.6 is 12.2 Å². The average Bonchev–Trinajstić information content (AvgIpc) is 3.21. The number of aromatic nitrogens is 3. The molecule has 1 saturated heterocycles. The number of pyridine rings is 2. The van der Waals surface area contributed by atoms with Gasteiger partial charge in [-0.15, -0.1) is 0 Å². The van der Waals surface area contributed by atoms with E-state index in [1.54, 1.807) is 0 Å². The molecule has 0 radical (unpaired) electrons. The van der Waals surface area contributed by atoms with Crippen molar-refractivity contribution < 1.29 is 0 Å². The number of hydrogen-bond donors (Lipinski definition) is 1. The fraction of sp³-hybridized carbons (Fsp3) is 0.348. The Labute approximate surface area is 177 Å². The summed E-state index contributed by atoms with van der Waals surface area (Å²) in [5.41, 5.74) is 6.12. The molecule has 6 heteroatoms. The maximum Gasteiger partial charge on any atom is 0.170 e. The summed E-state index contributed by atoms with van der Waals surface area (Å²) in [5, 5.41) is 4.35. The third-order valence-electron chi connectivity index (χ3n) is 5.68. The van der Waals surface area contributed by atoms with Crippen LogP contribution in [0.4, 0.5) is 0 Å². The van der Waals surface area contributed by atoms with Crippen LogP contribution in [0.3, 0.4) is 0 Å². The van der Waals surface area contributed by atoms with Gasteiger partial charge >= 0.3 is 0 Å². The van der Waals surface area contributed by atoms with Crippen molar-refractivity contribution in [3.8, 4) is 0 Å². The molecule has 0 spiro atoms. The Morgan fingerprint density at radius 1 is 1.10 bits per heavy atom. The molecule has 3 aromatic rings. The fourth-order valence-electron chi connectivity index (χ4n) is 4.27. The Hall–Kier alpha value is -2.73. The molecule has 1 N–H and O–H groups in total. The van der Waals surface area contributed by atoms with Crippen molar-refractivity contribution in [1.29, 1.82) is 0 Å². The monoisotopic (exact) mass is 405 g/mol. The lowest BCUT2D eigenvalue weighted by Gasteiger charge is -2.27. The van der Waals surface area contributed by atoms with Crippen LogP contribution in [-0.4, -0.2) is 31.1 Å². The molecule has 0 saturated carbocycles. The summed E-state index contributed by atoms with van der Waals surface area (Å²) in [4.78, 5) is 11.1. The van der Waals surface area contributed by atoms with Crippen molar-refractivity contribution in [2.75, 3.05) is 6.54 Å². The minimum atomic E-state index is 0.0464. The summed E-state index contributed by atoms with van der Waals surface area (Å²) in [7, 11) is 0. The summed E-state index contributed by atoms with van der Waals surface area (Å²) in [6.45, 7) is 8.35. The Balaban J connectivity index is 1.75. The van der Waals surface area contributed by atoms with Crippen molar-refractivity contribution in [1.82, 2.24) is 24.8 Å². The normalized spacial score (nSPS) is 18.9. The Kier molecular flexibility index (Phi) is 5.62. The van der Waals surface area contributed by atoms with Crippen molar-refractivity contribution in [2.24, 2.45) is 0 Å². The van der Waals surface area contributed by atoms with Crippen LogP contribution in [0.2, 0.25) is 0 Å². The van der Waals surface area contributed by atoms with Gasteiger partial charge in [0.05, 0.1) is 17.8 Å². The van der Waals surface area contributed by atoms with Gasteiger partial charge in [-0.1, -0.05) is 13.0 Å². The first kappa shape index (κ1) is 19.6. The van der Waals surface area contributed by atoms with E-state index < -0.39 is 0 Å². The van der Waals surface area contributed by atoms with Gasteiger partial charge < -0.3 is 14.8 Å². The van der Waals surface area contributed by atoms with Crippen molar-refractivity contribution in [3.05, 3.63) is 83.2 Å². The zero-order chi connectivity index (χ0) is 20.4. The highest BCUT2D eigenvalue weighted by molar-refractivity contribution is 7.80. The van der Waals surface area contributed by atoms with Crippen LogP contribution in [0, 0.1) is 13.8 Å². The van der Waals surface area contributed by atoms with Gasteiger partial charge in [0.2, 0.25) is 0 Å².